The van der Waals surface area contributed by atoms with E-state index in [1.54, 1.807) is 16.8 Å². The van der Waals surface area contributed by atoms with E-state index in [0.29, 0.717) is 9.82 Å². The minimum absolute atomic E-state index is 0.250. The smallest absolute Gasteiger partial charge is 0.211 e. The molecule has 30 heavy (non-hydrogen) atoms. The fraction of sp³-hybridized carbons (Fsp3) is 0. The van der Waals surface area contributed by atoms with E-state index in [9.17, 15) is 15.3 Å². The molecular weight excluding hydrogens is 422 g/mol. The second-order valence-electron chi connectivity index (χ2n) is 6.29. The molecule has 0 atom stereocenters. The molecule has 0 aliphatic rings. The Bertz CT molecular complexity index is 1280. The summed E-state index contributed by atoms with van der Waals surface area (Å²) in [6, 6.07) is 19.6. The maximum Gasteiger partial charge on any atom is 0.211 e. The van der Waals surface area contributed by atoms with Crippen molar-refractivity contribution in [2.75, 3.05) is 0 Å². The lowest BCUT2D eigenvalue weighted by atomic mass is 10.2. The van der Waals surface area contributed by atoms with Gasteiger partial charge in [-0.05, 0) is 36.4 Å². The van der Waals surface area contributed by atoms with Gasteiger partial charge in [-0.25, -0.2) is 9.67 Å². The average Bonchev–Trinajstić information content (AvgIpc) is 3.16. The number of aromatic hydroxyl groups is 3. The highest BCUT2D eigenvalue weighted by Gasteiger charge is 2.11. The fourth-order valence-corrected chi connectivity index (χ4v) is 3.71. The Morgan fingerprint density at radius 2 is 1.60 bits per heavy atom. The first-order chi connectivity index (χ1) is 14.5. The van der Waals surface area contributed by atoms with Crippen LogP contribution in [-0.4, -0.2) is 26.2 Å². The minimum Gasteiger partial charge on any atom is -0.504 e. The molecule has 0 radical (unpaired) electrons. The monoisotopic (exact) mass is 437 g/mol. The number of aromatic nitrogens is 1. The lowest BCUT2D eigenvalue weighted by molar-refractivity contribution is 0.367. The zero-order valence-corrected chi connectivity index (χ0v) is 17.0. The number of phenols is 3. The lowest BCUT2D eigenvalue weighted by Crippen LogP contribution is -2.11. The van der Waals surface area contributed by atoms with E-state index in [-0.39, 0.29) is 5.56 Å². The van der Waals surface area contributed by atoms with Crippen molar-refractivity contribution in [3.8, 4) is 28.5 Å². The van der Waals surface area contributed by atoms with Crippen LogP contribution in [-0.2, 0) is 0 Å². The highest BCUT2D eigenvalue weighted by atomic mass is 35.5. The maximum absolute atomic E-state index is 10.1. The molecule has 150 valence electrons. The molecule has 0 bridgehead atoms. The van der Waals surface area contributed by atoms with Gasteiger partial charge in [0.2, 0.25) is 10.6 Å². The summed E-state index contributed by atoms with van der Waals surface area (Å²) in [7, 11) is 0. The van der Waals surface area contributed by atoms with Crippen LogP contribution in [0.25, 0.3) is 11.3 Å². The number of hydrogen-bond acceptors (Lipinski definition) is 6. The van der Waals surface area contributed by atoms with E-state index in [4.69, 9.17) is 11.6 Å². The van der Waals surface area contributed by atoms with Gasteiger partial charge in [0.25, 0.3) is 0 Å². The van der Waals surface area contributed by atoms with Crippen molar-refractivity contribution in [2.45, 2.75) is 0 Å². The van der Waals surface area contributed by atoms with Crippen molar-refractivity contribution in [3.63, 3.8) is 0 Å². The van der Waals surface area contributed by atoms with Crippen LogP contribution < -0.4 is 4.80 Å². The van der Waals surface area contributed by atoms with Crippen molar-refractivity contribution in [2.24, 2.45) is 10.1 Å². The van der Waals surface area contributed by atoms with Crippen LogP contribution in [0.15, 0.2) is 82.2 Å². The van der Waals surface area contributed by atoms with Crippen molar-refractivity contribution in [3.05, 3.63) is 87.5 Å². The maximum atomic E-state index is 10.1. The minimum atomic E-state index is -0.594. The van der Waals surface area contributed by atoms with Gasteiger partial charge >= 0.3 is 0 Å². The Balaban J connectivity index is 1.85. The molecule has 0 aliphatic heterocycles. The van der Waals surface area contributed by atoms with Gasteiger partial charge in [-0.15, -0.1) is 11.3 Å². The lowest BCUT2D eigenvalue weighted by Gasteiger charge is -2.05. The number of benzene rings is 3. The van der Waals surface area contributed by atoms with Crippen molar-refractivity contribution in [1.82, 2.24) is 4.68 Å². The van der Waals surface area contributed by atoms with E-state index >= 15 is 0 Å². The summed E-state index contributed by atoms with van der Waals surface area (Å²) < 4.78 is 1.65. The van der Waals surface area contributed by atoms with E-state index < -0.39 is 17.2 Å². The van der Waals surface area contributed by atoms with Gasteiger partial charge in [-0.3, -0.25) is 0 Å². The number of halogens is 1. The molecule has 8 heteroatoms. The Hall–Kier alpha value is -3.55. The molecule has 4 aromatic rings. The zero-order chi connectivity index (χ0) is 21.1. The summed E-state index contributed by atoms with van der Waals surface area (Å²) in [5, 5.41) is 36.4. The Labute approximate surface area is 180 Å². The van der Waals surface area contributed by atoms with Crippen LogP contribution in [0.5, 0.6) is 17.2 Å². The number of rotatable bonds is 4. The molecule has 3 aromatic carbocycles. The van der Waals surface area contributed by atoms with Gasteiger partial charge in [0, 0.05) is 21.5 Å². The second kappa shape index (κ2) is 8.44. The predicted octanol–water partition coefficient (Wildman–Crippen LogP) is 5.10. The van der Waals surface area contributed by atoms with E-state index in [0.717, 1.165) is 16.9 Å². The van der Waals surface area contributed by atoms with Crippen LogP contribution in [0.2, 0.25) is 5.02 Å². The molecule has 0 saturated carbocycles. The highest BCUT2D eigenvalue weighted by molar-refractivity contribution is 7.07. The molecule has 1 aromatic heterocycles. The van der Waals surface area contributed by atoms with Gasteiger partial charge in [0.1, 0.15) is 0 Å². The van der Waals surface area contributed by atoms with Gasteiger partial charge in [0.15, 0.2) is 11.5 Å². The molecule has 0 spiro atoms. The molecule has 1 heterocycles. The molecule has 6 nitrogen and oxygen atoms in total. The number of phenolic OH excluding ortho intramolecular Hbond substituents is 3. The van der Waals surface area contributed by atoms with Crippen LogP contribution >= 0.6 is 22.9 Å². The molecule has 3 N–H and O–H groups in total. The van der Waals surface area contributed by atoms with Gasteiger partial charge < -0.3 is 15.3 Å². The van der Waals surface area contributed by atoms with E-state index in [1.807, 2.05) is 47.8 Å². The molecule has 0 saturated heterocycles. The first kappa shape index (κ1) is 19.8. The third-order valence-electron chi connectivity index (χ3n) is 4.28. The van der Waals surface area contributed by atoms with Crippen molar-refractivity contribution < 1.29 is 15.3 Å². The first-order valence-corrected chi connectivity index (χ1v) is 10.1. The van der Waals surface area contributed by atoms with Gasteiger partial charge in [-0.1, -0.05) is 41.9 Å². The summed E-state index contributed by atoms with van der Waals surface area (Å²) in [6.45, 7) is 0. The van der Waals surface area contributed by atoms with Crippen molar-refractivity contribution >= 4 is 34.8 Å². The predicted molar refractivity (Wildman–Crippen MR) is 119 cm³/mol. The highest BCUT2D eigenvalue weighted by Crippen LogP contribution is 2.36. The van der Waals surface area contributed by atoms with Crippen LogP contribution in [0.3, 0.4) is 0 Å². The van der Waals surface area contributed by atoms with Gasteiger partial charge in [-0.2, -0.15) is 5.10 Å². The fourth-order valence-electron chi connectivity index (χ4n) is 2.73. The van der Waals surface area contributed by atoms with Crippen molar-refractivity contribution in [1.29, 1.82) is 0 Å². The summed E-state index contributed by atoms with van der Waals surface area (Å²) in [5.74, 6) is -1.45. The normalized spacial score (nSPS) is 12.0. The van der Waals surface area contributed by atoms with Gasteiger partial charge in [0.05, 0.1) is 17.6 Å². The first-order valence-electron chi connectivity index (χ1n) is 8.87. The molecular formula is C22H16ClN3O3S. The quantitative estimate of drug-likeness (QED) is 0.306. The zero-order valence-electron chi connectivity index (χ0n) is 15.5. The molecule has 4 rings (SSSR count). The topological polar surface area (TPSA) is 90.3 Å². The Morgan fingerprint density at radius 3 is 2.33 bits per heavy atom. The third-order valence-corrected chi connectivity index (χ3v) is 5.35. The summed E-state index contributed by atoms with van der Waals surface area (Å²) in [5.41, 5.74) is 2.73. The molecule has 0 unspecified atom stereocenters. The number of nitrogens with zero attached hydrogens (tertiary/aromatic N) is 3. The van der Waals surface area contributed by atoms with Crippen LogP contribution in [0, 0.1) is 0 Å². The largest absolute Gasteiger partial charge is 0.504 e. The summed E-state index contributed by atoms with van der Waals surface area (Å²) in [6.07, 6.45) is 1.40. The molecule has 0 fully saturated rings. The van der Waals surface area contributed by atoms with E-state index in [1.165, 1.54) is 29.7 Å². The average molecular weight is 438 g/mol. The number of hydrogen-bond donors (Lipinski definition) is 3. The third kappa shape index (κ3) is 4.07. The molecule has 0 aliphatic carbocycles. The standard InChI is InChI=1S/C22H16ClN3O3S/c23-16-7-9-17(10-8-16)25-22-26(18(13-30-22)14-4-2-1-3-5-14)24-12-15-6-11-19(27)21(29)20(15)28/h1-13,27-29H. The van der Waals surface area contributed by atoms with Crippen LogP contribution in [0.4, 0.5) is 5.69 Å². The second-order valence-corrected chi connectivity index (χ2v) is 7.56. The Kier molecular flexibility index (Phi) is 5.56. The molecule has 0 amide bonds. The SMILES string of the molecule is Oc1ccc(C=Nn2c(-c3ccccc3)csc2=Nc2ccc(Cl)cc2)c(O)c1O. The summed E-state index contributed by atoms with van der Waals surface area (Å²) >= 11 is 7.37. The Morgan fingerprint density at radius 1 is 0.867 bits per heavy atom. The van der Waals surface area contributed by atoms with E-state index in [2.05, 4.69) is 10.1 Å². The summed E-state index contributed by atoms with van der Waals surface area (Å²) in [4.78, 5) is 5.26. The number of thiazole rings is 1. The van der Waals surface area contributed by atoms with Crippen LogP contribution in [0.1, 0.15) is 5.56 Å².